The summed E-state index contributed by atoms with van der Waals surface area (Å²) in [5.41, 5.74) is 2.21. The van der Waals surface area contributed by atoms with Gasteiger partial charge in [-0.25, -0.2) is 9.59 Å². The van der Waals surface area contributed by atoms with Gasteiger partial charge in [-0.2, -0.15) is 0 Å². The first-order chi connectivity index (χ1) is 20.2. The standard InChI is InChI=1S/C31H33Cl4NO6/c1-4-5-6-7-20-8-10-21(11-9-20)36(16-18-41-30(37)26-22(32)12-14-24(34)28(26)39-2)17-19-42-31(38)27-23(33)13-15-25(35)29(27)40-3/h8-15H,4-7,16-19H2,1-3H3. The van der Waals surface area contributed by atoms with Crippen molar-refractivity contribution in [2.75, 3.05) is 45.4 Å². The maximum absolute atomic E-state index is 12.9. The molecule has 11 heteroatoms. The van der Waals surface area contributed by atoms with Crippen LogP contribution in [0, 0.1) is 0 Å². The first-order valence-corrected chi connectivity index (χ1v) is 14.9. The number of hydrogen-bond donors (Lipinski definition) is 0. The molecular formula is C31H33Cl4NO6. The van der Waals surface area contributed by atoms with Gasteiger partial charge in [-0.1, -0.05) is 78.3 Å². The summed E-state index contributed by atoms with van der Waals surface area (Å²) >= 11 is 24.8. The second-order valence-corrected chi connectivity index (χ2v) is 10.9. The summed E-state index contributed by atoms with van der Waals surface area (Å²) in [5.74, 6) is -1.04. The van der Waals surface area contributed by atoms with Crippen LogP contribution < -0.4 is 14.4 Å². The number of carbonyl (C=O) groups excluding carboxylic acids is 2. The minimum atomic E-state index is -0.667. The molecular weight excluding hydrogens is 624 g/mol. The highest BCUT2D eigenvalue weighted by atomic mass is 35.5. The third-order valence-electron chi connectivity index (χ3n) is 6.49. The maximum atomic E-state index is 12.9. The van der Waals surface area contributed by atoms with Crippen LogP contribution in [0.5, 0.6) is 11.5 Å². The lowest BCUT2D eigenvalue weighted by Gasteiger charge is -2.25. The van der Waals surface area contributed by atoms with E-state index in [1.54, 1.807) is 12.1 Å². The third-order valence-corrected chi connectivity index (χ3v) is 7.72. The van der Waals surface area contributed by atoms with E-state index in [9.17, 15) is 9.59 Å². The fourth-order valence-electron chi connectivity index (χ4n) is 4.31. The Morgan fingerprint density at radius 3 is 1.55 bits per heavy atom. The van der Waals surface area contributed by atoms with E-state index in [2.05, 4.69) is 19.1 Å². The number of halogens is 4. The largest absolute Gasteiger partial charge is 0.494 e. The van der Waals surface area contributed by atoms with Crippen molar-refractivity contribution in [1.82, 2.24) is 0 Å². The Balaban J connectivity index is 1.72. The zero-order valence-electron chi connectivity index (χ0n) is 23.7. The molecule has 42 heavy (non-hydrogen) atoms. The minimum absolute atomic E-state index is 0.0188. The lowest BCUT2D eigenvalue weighted by Crippen LogP contribution is -2.32. The molecule has 0 aromatic heterocycles. The molecule has 0 atom stereocenters. The van der Waals surface area contributed by atoms with E-state index in [0.29, 0.717) is 13.1 Å². The van der Waals surface area contributed by atoms with E-state index >= 15 is 0 Å². The maximum Gasteiger partial charge on any atom is 0.343 e. The highest BCUT2D eigenvalue weighted by Gasteiger charge is 2.23. The molecule has 0 fully saturated rings. The summed E-state index contributed by atoms with van der Waals surface area (Å²) in [4.78, 5) is 27.7. The van der Waals surface area contributed by atoms with Crippen LogP contribution in [0.2, 0.25) is 20.1 Å². The zero-order chi connectivity index (χ0) is 30.6. The number of hydrogen-bond acceptors (Lipinski definition) is 7. The van der Waals surface area contributed by atoms with Crippen molar-refractivity contribution in [3.8, 4) is 11.5 Å². The second-order valence-electron chi connectivity index (χ2n) is 9.26. The molecule has 3 aromatic rings. The molecule has 0 unspecified atom stereocenters. The molecule has 3 rings (SSSR count). The quantitative estimate of drug-likeness (QED) is 0.120. The highest BCUT2D eigenvalue weighted by Crippen LogP contribution is 2.35. The summed E-state index contributed by atoms with van der Waals surface area (Å²) in [7, 11) is 2.80. The van der Waals surface area contributed by atoms with E-state index < -0.39 is 11.9 Å². The Kier molecular flexibility index (Phi) is 13.4. The lowest BCUT2D eigenvalue weighted by atomic mass is 10.1. The molecule has 226 valence electrons. The molecule has 0 amide bonds. The number of esters is 2. The van der Waals surface area contributed by atoms with Crippen LogP contribution in [0.15, 0.2) is 48.5 Å². The Morgan fingerprint density at radius 1 is 0.667 bits per heavy atom. The van der Waals surface area contributed by atoms with Crippen molar-refractivity contribution < 1.29 is 28.5 Å². The lowest BCUT2D eigenvalue weighted by molar-refractivity contribution is 0.0501. The SMILES string of the molecule is CCCCCc1ccc(N(CCOC(=O)c2c(Cl)ccc(Cl)c2OC)CCOC(=O)c2c(Cl)ccc(Cl)c2OC)cc1. The van der Waals surface area contributed by atoms with Crippen molar-refractivity contribution in [2.24, 2.45) is 0 Å². The summed E-state index contributed by atoms with van der Waals surface area (Å²) in [6.45, 7) is 2.82. The van der Waals surface area contributed by atoms with Crippen molar-refractivity contribution in [2.45, 2.75) is 32.6 Å². The Morgan fingerprint density at radius 2 is 1.12 bits per heavy atom. The molecule has 0 bridgehead atoms. The van der Waals surface area contributed by atoms with Gasteiger partial charge < -0.3 is 23.8 Å². The van der Waals surface area contributed by atoms with Gasteiger partial charge in [0.25, 0.3) is 0 Å². The number of aryl methyl sites for hydroxylation is 1. The Labute approximate surface area is 266 Å². The van der Waals surface area contributed by atoms with E-state index in [1.807, 2.05) is 17.0 Å². The normalized spacial score (nSPS) is 10.7. The topological polar surface area (TPSA) is 74.3 Å². The Hall–Kier alpha value is -2.84. The van der Waals surface area contributed by atoms with Crippen LogP contribution in [0.25, 0.3) is 0 Å². The van der Waals surface area contributed by atoms with Crippen LogP contribution in [0.3, 0.4) is 0 Å². The van der Waals surface area contributed by atoms with Crippen LogP contribution in [0.4, 0.5) is 5.69 Å². The van der Waals surface area contributed by atoms with Crippen molar-refractivity contribution in [3.05, 3.63) is 85.3 Å². The average Bonchev–Trinajstić information content (AvgIpc) is 2.98. The zero-order valence-corrected chi connectivity index (χ0v) is 26.7. The van der Waals surface area contributed by atoms with Crippen molar-refractivity contribution in [1.29, 1.82) is 0 Å². The second kappa shape index (κ2) is 16.7. The smallest absolute Gasteiger partial charge is 0.343 e. The van der Waals surface area contributed by atoms with Crippen LogP contribution in [-0.4, -0.2) is 52.5 Å². The van der Waals surface area contributed by atoms with Crippen LogP contribution in [0.1, 0.15) is 52.5 Å². The fourth-order valence-corrected chi connectivity index (χ4v) is 5.23. The van der Waals surface area contributed by atoms with Crippen molar-refractivity contribution >= 4 is 64.0 Å². The number of ether oxygens (including phenoxy) is 4. The molecule has 0 saturated carbocycles. The number of benzene rings is 3. The van der Waals surface area contributed by atoms with E-state index in [-0.39, 0.29) is 55.9 Å². The molecule has 0 N–H and O–H groups in total. The van der Waals surface area contributed by atoms with Gasteiger partial charge in [0.2, 0.25) is 0 Å². The molecule has 3 aromatic carbocycles. The number of carbonyl (C=O) groups is 2. The van der Waals surface area contributed by atoms with E-state index in [4.69, 9.17) is 65.4 Å². The first kappa shape index (κ1) is 33.7. The predicted molar refractivity (Wildman–Crippen MR) is 168 cm³/mol. The summed E-state index contributed by atoms with van der Waals surface area (Å²) < 4.78 is 21.6. The van der Waals surface area contributed by atoms with Crippen molar-refractivity contribution in [3.63, 3.8) is 0 Å². The fraction of sp³-hybridized carbons (Fsp3) is 0.355. The van der Waals surface area contributed by atoms with Gasteiger partial charge in [-0.3, -0.25) is 0 Å². The molecule has 7 nitrogen and oxygen atoms in total. The number of methoxy groups -OCH3 is 2. The monoisotopic (exact) mass is 655 g/mol. The van der Waals surface area contributed by atoms with Gasteiger partial charge in [0, 0.05) is 5.69 Å². The molecule has 0 aliphatic rings. The summed E-state index contributed by atoms with van der Waals surface area (Å²) in [6.07, 6.45) is 4.44. The van der Waals surface area contributed by atoms with Gasteiger partial charge in [0.1, 0.15) is 24.3 Å². The van der Waals surface area contributed by atoms with E-state index in [0.717, 1.165) is 24.9 Å². The molecule has 0 aliphatic heterocycles. The molecule has 0 heterocycles. The van der Waals surface area contributed by atoms with Gasteiger partial charge in [0.05, 0.1) is 47.4 Å². The average molecular weight is 657 g/mol. The third kappa shape index (κ3) is 8.83. The van der Waals surface area contributed by atoms with E-state index in [1.165, 1.54) is 38.3 Å². The number of unbranched alkanes of at least 4 members (excludes halogenated alkanes) is 2. The molecule has 0 saturated heterocycles. The van der Waals surface area contributed by atoms with Crippen LogP contribution in [-0.2, 0) is 15.9 Å². The van der Waals surface area contributed by atoms with Crippen LogP contribution >= 0.6 is 46.4 Å². The molecule has 0 aliphatic carbocycles. The highest BCUT2D eigenvalue weighted by molar-refractivity contribution is 6.37. The number of nitrogens with zero attached hydrogens (tertiary/aromatic N) is 1. The summed E-state index contributed by atoms with van der Waals surface area (Å²) in [6, 6.07) is 14.2. The van der Waals surface area contributed by atoms with Gasteiger partial charge in [-0.15, -0.1) is 0 Å². The first-order valence-electron chi connectivity index (χ1n) is 13.4. The summed E-state index contributed by atoms with van der Waals surface area (Å²) in [5, 5.41) is 0.818. The predicted octanol–water partition coefficient (Wildman–Crippen LogP) is 8.57. The Bertz CT molecular complexity index is 1290. The number of rotatable bonds is 15. The number of anilines is 1. The van der Waals surface area contributed by atoms with Gasteiger partial charge in [-0.05, 0) is 54.8 Å². The van der Waals surface area contributed by atoms with Gasteiger partial charge >= 0.3 is 11.9 Å². The minimum Gasteiger partial charge on any atom is -0.494 e. The molecule has 0 spiro atoms. The van der Waals surface area contributed by atoms with Gasteiger partial charge in [0.15, 0.2) is 11.5 Å². The molecule has 0 radical (unpaired) electrons.